The Bertz CT molecular complexity index is 2080. The molecule has 3 nitrogen and oxygen atoms in total. The van der Waals surface area contributed by atoms with Crippen LogP contribution in [-0.4, -0.2) is 0 Å². The molecule has 1 aliphatic rings. The fourth-order valence-electron chi connectivity index (χ4n) is 6.51. The van der Waals surface area contributed by atoms with Gasteiger partial charge in [0.1, 0.15) is 0 Å². The Balaban J connectivity index is 1.36. The highest BCUT2D eigenvalue weighted by atomic mass is 15.2. The van der Waals surface area contributed by atoms with Gasteiger partial charge in [-0.1, -0.05) is 66.7 Å². The van der Waals surface area contributed by atoms with Crippen LogP contribution in [0.15, 0.2) is 115 Å². The van der Waals surface area contributed by atoms with Crippen LogP contribution in [-0.2, 0) is 6.42 Å². The average Bonchev–Trinajstić information content (AvgIpc) is 3.01. The Morgan fingerprint density at radius 3 is 1.50 bits per heavy atom. The van der Waals surface area contributed by atoms with E-state index >= 15 is 0 Å². The van der Waals surface area contributed by atoms with Crippen LogP contribution in [0.1, 0.15) is 22.3 Å². The highest BCUT2D eigenvalue weighted by molar-refractivity contribution is 6.24. The Hall–Kier alpha value is -5.64. The Kier molecular flexibility index (Phi) is 4.71. The third-order valence-corrected chi connectivity index (χ3v) is 8.22. The molecule has 0 saturated carbocycles. The van der Waals surface area contributed by atoms with Gasteiger partial charge in [0.05, 0.1) is 23.3 Å². The Labute approximate surface area is 231 Å². The number of nitriles is 2. The van der Waals surface area contributed by atoms with Crippen molar-refractivity contribution in [1.29, 1.82) is 10.5 Å². The van der Waals surface area contributed by atoms with E-state index in [1.807, 2.05) is 0 Å². The summed E-state index contributed by atoms with van der Waals surface area (Å²) in [5.74, 6) is 0. The lowest BCUT2D eigenvalue weighted by atomic mass is 9.88. The van der Waals surface area contributed by atoms with E-state index in [1.54, 1.807) is 18.2 Å². The number of benzene rings is 7. The molecule has 1 heterocycles. The molecule has 7 aromatic carbocycles. The van der Waals surface area contributed by atoms with Crippen molar-refractivity contribution in [3.05, 3.63) is 138 Å². The minimum atomic E-state index is 0.513. The lowest BCUT2D eigenvalue weighted by molar-refractivity contribution is 1.09. The molecule has 184 valence electrons. The van der Waals surface area contributed by atoms with Crippen molar-refractivity contribution in [2.75, 3.05) is 4.90 Å². The van der Waals surface area contributed by atoms with Crippen molar-refractivity contribution in [3.63, 3.8) is 0 Å². The van der Waals surface area contributed by atoms with Crippen LogP contribution in [0.2, 0.25) is 0 Å². The molecule has 0 N–H and O–H groups in total. The SMILES string of the molecule is N#Cc1cccc(C#N)c1-c1cc2ccc3cc(N4c5ccccc5Cc5ccccc54)cc4ccc(c1)c2c34. The van der Waals surface area contributed by atoms with Gasteiger partial charge in [0.15, 0.2) is 0 Å². The summed E-state index contributed by atoms with van der Waals surface area (Å²) in [7, 11) is 0. The van der Waals surface area contributed by atoms with Gasteiger partial charge in [0.2, 0.25) is 0 Å². The molecule has 0 atom stereocenters. The van der Waals surface area contributed by atoms with Crippen molar-refractivity contribution in [2.45, 2.75) is 6.42 Å². The summed E-state index contributed by atoms with van der Waals surface area (Å²) in [6.07, 6.45) is 0.933. The van der Waals surface area contributed by atoms with Crippen molar-refractivity contribution in [3.8, 4) is 23.3 Å². The van der Waals surface area contributed by atoms with E-state index in [-0.39, 0.29) is 0 Å². The molecule has 0 aromatic heterocycles. The first-order valence-corrected chi connectivity index (χ1v) is 13.4. The van der Waals surface area contributed by atoms with Gasteiger partial charge in [-0.05, 0) is 97.5 Å². The quantitative estimate of drug-likeness (QED) is 0.219. The fourth-order valence-corrected chi connectivity index (χ4v) is 6.51. The topological polar surface area (TPSA) is 50.8 Å². The first-order chi connectivity index (χ1) is 19.7. The smallest absolute Gasteiger partial charge is 0.0998 e. The molecule has 0 amide bonds. The lowest BCUT2D eigenvalue weighted by Gasteiger charge is -2.34. The number of anilines is 3. The second kappa shape index (κ2) is 8.43. The van der Waals surface area contributed by atoms with Gasteiger partial charge in [-0.25, -0.2) is 0 Å². The normalized spacial score (nSPS) is 12.3. The molecule has 0 spiro atoms. The molecular formula is C37H21N3. The van der Waals surface area contributed by atoms with Crippen molar-refractivity contribution >= 4 is 49.4 Å². The summed E-state index contributed by atoms with van der Waals surface area (Å²) < 4.78 is 0. The molecule has 0 unspecified atom stereocenters. The van der Waals surface area contributed by atoms with Crippen LogP contribution in [0.4, 0.5) is 17.1 Å². The zero-order valence-electron chi connectivity index (χ0n) is 21.5. The summed E-state index contributed by atoms with van der Waals surface area (Å²) in [5, 5.41) is 26.6. The van der Waals surface area contributed by atoms with Crippen LogP contribution >= 0.6 is 0 Å². The molecule has 7 aromatic rings. The standard InChI is InChI=1S/C37H21N3/c38-21-29-8-5-9-30(22-39)35(29)31-17-25-12-14-27-19-32(20-28-15-13-26(18-31)36(25)37(27)28)40-33-10-3-1-6-23(33)16-24-7-2-4-11-34(24)40/h1-15,17-20H,16H2. The van der Waals surface area contributed by atoms with Gasteiger partial charge < -0.3 is 4.90 Å². The maximum atomic E-state index is 9.77. The second-order valence-corrected chi connectivity index (χ2v) is 10.4. The molecule has 0 saturated heterocycles. The van der Waals surface area contributed by atoms with E-state index in [1.165, 1.54) is 44.0 Å². The summed E-state index contributed by atoms with van der Waals surface area (Å²) in [6, 6.07) is 44.8. The van der Waals surface area contributed by atoms with E-state index in [0.717, 1.165) is 28.4 Å². The largest absolute Gasteiger partial charge is 0.310 e. The van der Waals surface area contributed by atoms with E-state index < -0.39 is 0 Å². The third-order valence-electron chi connectivity index (χ3n) is 8.22. The molecule has 3 heteroatoms. The highest BCUT2D eigenvalue weighted by Crippen LogP contribution is 2.46. The molecule has 0 fully saturated rings. The molecule has 40 heavy (non-hydrogen) atoms. The van der Waals surface area contributed by atoms with Gasteiger partial charge in [-0.15, -0.1) is 0 Å². The van der Waals surface area contributed by atoms with Gasteiger partial charge in [0, 0.05) is 29.0 Å². The van der Waals surface area contributed by atoms with Crippen LogP contribution in [0, 0.1) is 22.7 Å². The van der Waals surface area contributed by atoms with Gasteiger partial charge in [0.25, 0.3) is 0 Å². The van der Waals surface area contributed by atoms with Crippen LogP contribution in [0.25, 0.3) is 43.4 Å². The third kappa shape index (κ3) is 3.16. The first kappa shape index (κ1) is 22.4. The summed E-state index contributed by atoms with van der Waals surface area (Å²) in [6.45, 7) is 0. The van der Waals surface area contributed by atoms with Gasteiger partial charge >= 0.3 is 0 Å². The van der Waals surface area contributed by atoms with E-state index in [4.69, 9.17) is 0 Å². The van der Waals surface area contributed by atoms with Crippen LogP contribution in [0.3, 0.4) is 0 Å². The average molecular weight is 508 g/mol. The number of rotatable bonds is 2. The minimum absolute atomic E-state index is 0.513. The number of nitrogens with zero attached hydrogens (tertiary/aromatic N) is 3. The maximum Gasteiger partial charge on any atom is 0.0998 e. The predicted octanol–water partition coefficient (Wildman–Crippen LogP) is 9.37. The lowest BCUT2D eigenvalue weighted by Crippen LogP contribution is -2.18. The summed E-state index contributed by atoms with van der Waals surface area (Å²) >= 11 is 0. The first-order valence-electron chi connectivity index (χ1n) is 13.4. The molecule has 1 aliphatic heterocycles. The van der Waals surface area contributed by atoms with Gasteiger partial charge in [-0.3, -0.25) is 0 Å². The van der Waals surface area contributed by atoms with Crippen LogP contribution in [0.5, 0.6) is 0 Å². The molecule has 0 bridgehead atoms. The molecule has 8 rings (SSSR count). The van der Waals surface area contributed by atoms with Crippen molar-refractivity contribution in [1.82, 2.24) is 0 Å². The minimum Gasteiger partial charge on any atom is -0.310 e. The zero-order chi connectivity index (χ0) is 26.8. The predicted molar refractivity (Wildman–Crippen MR) is 163 cm³/mol. The number of hydrogen-bond donors (Lipinski definition) is 0. The Morgan fingerprint density at radius 1 is 0.525 bits per heavy atom. The summed E-state index contributed by atoms with van der Waals surface area (Å²) in [5.41, 5.74) is 8.86. The fraction of sp³-hybridized carbons (Fsp3) is 0.0270. The van der Waals surface area contributed by atoms with E-state index in [9.17, 15) is 10.5 Å². The maximum absolute atomic E-state index is 9.77. The zero-order valence-corrected chi connectivity index (χ0v) is 21.5. The molecule has 0 radical (unpaired) electrons. The van der Waals surface area contributed by atoms with Crippen LogP contribution < -0.4 is 4.90 Å². The van der Waals surface area contributed by atoms with E-state index in [2.05, 4.69) is 114 Å². The van der Waals surface area contributed by atoms with E-state index in [0.29, 0.717) is 16.7 Å². The summed E-state index contributed by atoms with van der Waals surface area (Å²) in [4.78, 5) is 2.39. The molecule has 0 aliphatic carbocycles. The number of hydrogen-bond acceptors (Lipinski definition) is 3. The number of fused-ring (bicyclic) bond motifs is 2. The highest BCUT2D eigenvalue weighted by Gasteiger charge is 2.24. The molecular weight excluding hydrogens is 486 g/mol. The monoisotopic (exact) mass is 507 g/mol. The Morgan fingerprint density at radius 2 is 1.00 bits per heavy atom. The number of para-hydroxylation sites is 2. The van der Waals surface area contributed by atoms with Gasteiger partial charge in [-0.2, -0.15) is 10.5 Å². The van der Waals surface area contributed by atoms with Crippen molar-refractivity contribution < 1.29 is 0 Å². The second-order valence-electron chi connectivity index (χ2n) is 10.4. The van der Waals surface area contributed by atoms with Crippen molar-refractivity contribution in [2.24, 2.45) is 0 Å².